The fraction of sp³-hybridized carbons (Fsp3) is 0.286. The highest BCUT2D eigenvalue weighted by molar-refractivity contribution is 5.44. The van der Waals surface area contributed by atoms with Gasteiger partial charge in [0.2, 0.25) is 5.88 Å². The summed E-state index contributed by atoms with van der Waals surface area (Å²) in [6.07, 6.45) is 0.703. The summed E-state index contributed by atoms with van der Waals surface area (Å²) in [4.78, 5) is 18.7. The van der Waals surface area contributed by atoms with Crippen LogP contribution in [-0.4, -0.2) is 28.5 Å². The van der Waals surface area contributed by atoms with Gasteiger partial charge in [-0.3, -0.25) is 10.1 Å². The number of nitrogens with zero attached hydrogens (tertiary/aromatic N) is 3. The van der Waals surface area contributed by atoms with E-state index >= 15 is 0 Å². The highest BCUT2D eigenvalue weighted by Gasteiger charge is 2.11. The van der Waals surface area contributed by atoms with Gasteiger partial charge in [0.1, 0.15) is 11.5 Å². The zero-order chi connectivity index (χ0) is 15.2. The summed E-state index contributed by atoms with van der Waals surface area (Å²) in [5.41, 5.74) is 1.32. The third-order valence-electron chi connectivity index (χ3n) is 2.93. The smallest absolute Gasteiger partial charge is 0.290 e. The van der Waals surface area contributed by atoms with E-state index < -0.39 is 4.92 Å². The molecule has 7 heteroatoms. The molecule has 0 atom stereocenters. The van der Waals surface area contributed by atoms with Crippen LogP contribution in [0.2, 0.25) is 0 Å². The summed E-state index contributed by atoms with van der Waals surface area (Å²) in [6, 6.07) is 8.64. The van der Waals surface area contributed by atoms with Gasteiger partial charge in [0.25, 0.3) is 5.69 Å². The molecule has 0 aromatic carbocycles. The zero-order valence-electron chi connectivity index (χ0n) is 11.9. The Hall–Kier alpha value is -2.70. The molecule has 7 nitrogen and oxygen atoms in total. The number of methoxy groups -OCH3 is 1. The summed E-state index contributed by atoms with van der Waals surface area (Å²) in [6.45, 7) is 2.25. The van der Waals surface area contributed by atoms with E-state index in [1.807, 2.05) is 12.1 Å². The van der Waals surface area contributed by atoms with E-state index in [1.54, 1.807) is 26.2 Å². The minimum Gasteiger partial charge on any atom is -0.481 e. The molecular weight excluding hydrogens is 272 g/mol. The van der Waals surface area contributed by atoms with Crippen LogP contribution < -0.4 is 10.1 Å². The lowest BCUT2D eigenvalue weighted by Gasteiger charge is -2.07. The Morgan fingerprint density at radius 2 is 2.10 bits per heavy atom. The fourth-order valence-electron chi connectivity index (χ4n) is 1.87. The lowest BCUT2D eigenvalue weighted by atomic mass is 10.2. The molecular formula is C14H16N4O3. The molecule has 0 amide bonds. The lowest BCUT2D eigenvalue weighted by molar-refractivity contribution is -0.385. The first-order valence-electron chi connectivity index (χ1n) is 6.46. The summed E-state index contributed by atoms with van der Waals surface area (Å²) in [5.74, 6) is 1.19. The first kappa shape index (κ1) is 14.7. The monoisotopic (exact) mass is 288 g/mol. The van der Waals surface area contributed by atoms with Crippen molar-refractivity contribution in [2.24, 2.45) is 0 Å². The Morgan fingerprint density at radius 3 is 2.76 bits per heavy atom. The van der Waals surface area contributed by atoms with Crippen molar-refractivity contribution in [2.75, 3.05) is 19.0 Å². The molecule has 2 heterocycles. The third-order valence-corrected chi connectivity index (χ3v) is 2.93. The minimum atomic E-state index is -0.438. The van der Waals surface area contributed by atoms with E-state index in [0.29, 0.717) is 30.4 Å². The zero-order valence-corrected chi connectivity index (χ0v) is 11.9. The Kier molecular flexibility index (Phi) is 4.65. The number of pyridine rings is 2. The summed E-state index contributed by atoms with van der Waals surface area (Å²) >= 11 is 0. The van der Waals surface area contributed by atoms with E-state index in [0.717, 1.165) is 5.69 Å². The van der Waals surface area contributed by atoms with Crippen molar-refractivity contribution in [3.8, 4) is 5.88 Å². The van der Waals surface area contributed by atoms with E-state index in [1.165, 1.54) is 6.07 Å². The average Bonchev–Trinajstić information content (AvgIpc) is 2.47. The van der Waals surface area contributed by atoms with Crippen LogP contribution in [0.1, 0.15) is 11.4 Å². The molecule has 2 aromatic heterocycles. The molecule has 0 spiro atoms. The van der Waals surface area contributed by atoms with Crippen LogP contribution in [0.15, 0.2) is 30.3 Å². The summed E-state index contributed by atoms with van der Waals surface area (Å²) in [7, 11) is 1.58. The molecule has 2 aromatic rings. The molecule has 0 unspecified atom stereocenters. The van der Waals surface area contributed by atoms with E-state index in [-0.39, 0.29) is 5.69 Å². The predicted octanol–water partition coefficient (Wildman–Crippen LogP) is 2.36. The maximum atomic E-state index is 10.7. The Labute approximate surface area is 122 Å². The van der Waals surface area contributed by atoms with Crippen LogP contribution in [0.25, 0.3) is 0 Å². The van der Waals surface area contributed by atoms with Crippen molar-refractivity contribution in [3.63, 3.8) is 0 Å². The van der Waals surface area contributed by atoms with Crippen LogP contribution in [0.4, 0.5) is 11.5 Å². The maximum absolute atomic E-state index is 10.7. The molecule has 1 N–H and O–H groups in total. The molecule has 21 heavy (non-hydrogen) atoms. The Balaban J connectivity index is 1.94. The maximum Gasteiger partial charge on any atom is 0.290 e. The normalized spacial score (nSPS) is 10.2. The first-order chi connectivity index (χ1) is 10.1. The molecule has 0 fully saturated rings. The van der Waals surface area contributed by atoms with Gasteiger partial charge in [-0.1, -0.05) is 6.07 Å². The van der Waals surface area contributed by atoms with Gasteiger partial charge in [-0.05, 0) is 19.1 Å². The average molecular weight is 288 g/mol. The van der Waals surface area contributed by atoms with E-state index in [9.17, 15) is 10.1 Å². The van der Waals surface area contributed by atoms with Crippen molar-refractivity contribution < 1.29 is 9.66 Å². The summed E-state index contributed by atoms with van der Waals surface area (Å²) in [5, 5.41) is 13.8. The number of ether oxygens (including phenoxy) is 1. The Morgan fingerprint density at radius 1 is 1.29 bits per heavy atom. The van der Waals surface area contributed by atoms with Gasteiger partial charge < -0.3 is 10.1 Å². The van der Waals surface area contributed by atoms with Crippen molar-refractivity contribution in [2.45, 2.75) is 13.3 Å². The molecule has 110 valence electrons. The number of aromatic nitrogens is 2. The highest BCUT2D eigenvalue weighted by Crippen LogP contribution is 2.17. The van der Waals surface area contributed by atoms with Crippen molar-refractivity contribution >= 4 is 11.5 Å². The molecule has 0 aliphatic heterocycles. The van der Waals surface area contributed by atoms with Crippen molar-refractivity contribution in [1.29, 1.82) is 0 Å². The number of rotatable bonds is 6. The molecule has 0 radical (unpaired) electrons. The molecule has 0 aliphatic carbocycles. The molecule has 0 saturated carbocycles. The van der Waals surface area contributed by atoms with Gasteiger partial charge in [-0.25, -0.2) is 9.97 Å². The van der Waals surface area contributed by atoms with Gasteiger partial charge in [0.05, 0.1) is 12.0 Å². The first-order valence-corrected chi connectivity index (χ1v) is 6.46. The van der Waals surface area contributed by atoms with E-state index in [4.69, 9.17) is 4.74 Å². The number of anilines is 1. The van der Waals surface area contributed by atoms with E-state index in [2.05, 4.69) is 15.3 Å². The number of nitrogens with one attached hydrogen (secondary N) is 1. The largest absolute Gasteiger partial charge is 0.481 e. The van der Waals surface area contributed by atoms with Gasteiger partial charge >= 0.3 is 0 Å². The second-order valence-electron chi connectivity index (χ2n) is 4.41. The summed E-state index contributed by atoms with van der Waals surface area (Å²) < 4.78 is 5.06. The van der Waals surface area contributed by atoms with Crippen LogP contribution in [0.3, 0.4) is 0 Å². The van der Waals surface area contributed by atoms with Crippen LogP contribution in [0, 0.1) is 17.0 Å². The molecule has 2 rings (SSSR count). The standard InChI is InChI=1S/C14H16N4O3/c1-10-12(18(19)20)6-7-13(16-10)15-9-8-11-4-3-5-14(17-11)21-2/h3-7H,8-9H2,1-2H3,(H,15,16). The van der Waals surface area contributed by atoms with Crippen LogP contribution >= 0.6 is 0 Å². The van der Waals surface area contributed by atoms with Crippen LogP contribution in [-0.2, 0) is 6.42 Å². The van der Waals surface area contributed by atoms with Gasteiger partial charge in [-0.2, -0.15) is 0 Å². The third kappa shape index (κ3) is 3.88. The number of nitro groups is 1. The van der Waals surface area contributed by atoms with Gasteiger partial charge in [0.15, 0.2) is 0 Å². The number of hydrogen-bond acceptors (Lipinski definition) is 6. The second-order valence-corrected chi connectivity index (χ2v) is 4.41. The van der Waals surface area contributed by atoms with Crippen molar-refractivity contribution in [3.05, 3.63) is 51.8 Å². The number of aryl methyl sites for hydroxylation is 1. The predicted molar refractivity (Wildman–Crippen MR) is 78.6 cm³/mol. The fourth-order valence-corrected chi connectivity index (χ4v) is 1.87. The van der Waals surface area contributed by atoms with Crippen LogP contribution in [0.5, 0.6) is 5.88 Å². The van der Waals surface area contributed by atoms with Gasteiger partial charge in [0, 0.05) is 30.8 Å². The Bertz CT molecular complexity index is 646. The molecule has 0 saturated heterocycles. The SMILES string of the molecule is COc1cccc(CCNc2ccc([N+](=O)[O-])c(C)n2)n1. The topological polar surface area (TPSA) is 90.2 Å². The minimum absolute atomic E-state index is 0.0232. The lowest BCUT2D eigenvalue weighted by Crippen LogP contribution is -2.08. The van der Waals surface area contributed by atoms with Crippen molar-refractivity contribution in [1.82, 2.24) is 9.97 Å². The van der Waals surface area contributed by atoms with Gasteiger partial charge in [-0.15, -0.1) is 0 Å². The number of hydrogen-bond donors (Lipinski definition) is 1. The second kappa shape index (κ2) is 6.65. The quantitative estimate of drug-likeness (QED) is 0.648. The highest BCUT2D eigenvalue weighted by atomic mass is 16.6. The molecule has 0 bridgehead atoms. The molecule has 0 aliphatic rings.